The van der Waals surface area contributed by atoms with Gasteiger partial charge >= 0.3 is 0 Å². The molecule has 78 valence electrons. The fourth-order valence-electron chi connectivity index (χ4n) is 3.03. The Morgan fingerprint density at radius 3 is 2.21 bits per heavy atom. The molecule has 1 spiro atoms. The quantitative estimate of drug-likeness (QED) is 0.633. The number of carbonyl (C=O) groups excluding carboxylic acids is 2. The predicted molar refractivity (Wildman–Crippen MR) is 53.9 cm³/mol. The Morgan fingerprint density at radius 1 is 1.14 bits per heavy atom. The lowest BCUT2D eigenvalue weighted by molar-refractivity contribution is -0.163. The molecule has 0 atom stereocenters. The van der Waals surface area contributed by atoms with Gasteiger partial charge in [0.25, 0.3) is 0 Å². The van der Waals surface area contributed by atoms with E-state index >= 15 is 0 Å². The van der Waals surface area contributed by atoms with Gasteiger partial charge < -0.3 is 0 Å². The first-order chi connectivity index (χ1) is 6.72. The van der Waals surface area contributed by atoms with E-state index in [2.05, 4.69) is 0 Å². The second kappa shape index (κ2) is 3.48. The molecule has 2 aliphatic rings. The normalized spacial score (nSPS) is 26.6. The van der Waals surface area contributed by atoms with E-state index in [1.54, 1.807) is 0 Å². The highest BCUT2D eigenvalue weighted by molar-refractivity contribution is 6.27. The Balaban J connectivity index is 2.09. The van der Waals surface area contributed by atoms with Crippen molar-refractivity contribution in [2.24, 2.45) is 11.3 Å². The van der Waals surface area contributed by atoms with Crippen LogP contribution in [0, 0.1) is 11.3 Å². The van der Waals surface area contributed by atoms with Crippen molar-refractivity contribution >= 4 is 11.6 Å². The maximum Gasteiger partial charge on any atom is 0.156 e. The molecule has 0 aromatic heterocycles. The highest BCUT2D eigenvalue weighted by atomic mass is 16.2. The molecular weight excluding hydrogens is 176 g/mol. The molecule has 2 heteroatoms. The summed E-state index contributed by atoms with van der Waals surface area (Å²) in [4.78, 5) is 23.8. The van der Waals surface area contributed by atoms with Crippen molar-refractivity contribution in [2.75, 3.05) is 0 Å². The minimum Gasteiger partial charge on any atom is -0.298 e. The molecule has 2 saturated carbocycles. The van der Waals surface area contributed by atoms with Crippen molar-refractivity contribution in [3.63, 3.8) is 0 Å². The van der Waals surface area contributed by atoms with E-state index in [4.69, 9.17) is 0 Å². The van der Waals surface area contributed by atoms with Crippen LogP contribution in [0.1, 0.15) is 51.9 Å². The summed E-state index contributed by atoms with van der Waals surface area (Å²) in [6.45, 7) is 2.03. The molecule has 0 aromatic rings. The smallest absolute Gasteiger partial charge is 0.156 e. The van der Waals surface area contributed by atoms with Gasteiger partial charge in [-0.05, 0) is 19.3 Å². The maximum atomic E-state index is 11.9. The van der Waals surface area contributed by atoms with Crippen LogP contribution in [0.15, 0.2) is 0 Å². The number of rotatable bonds is 2. The van der Waals surface area contributed by atoms with E-state index in [1.165, 1.54) is 6.42 Å². The summed E-state index contributed by atoms with van der Waals surface area (Å²) >= 11 is 0. The van der Waals surface area contributed by atoms with Crippen LogP contribution in [0.3, 0.4) is 0 Å². The highest BCUT2D eigenvalue weighted by Gasteiger charge is 2.60. The van der Waals surface area contributed by atoms with Crippen molar-refractivity contribution in [3.05, 3.63) is 0 Å². The monoisotopic (exact) mass is 194 g/mol. The topological polar surface area (TPSA) is 34.1 Å². The first kappa shape index (κ1) is 9.88. The minimum atomic E-state index is -0.488. The van der Waals surface area contributed by atoms with Crippen molar-refractivity contribution < 1.29 is 9.59 Å². The van der Waals surface area contributed by atoms with Gasteiger partial charge in [-0.3, -0.25) is 9.59 Å². The van der Waals surface area contributed by atoms with Gasteiger partial charge in [0.1, 0.15) is 0 Å². The molecule has 0 heterocycles. The zero-order valence-electron chi connectivity index (χ0n) is 8.84. The molecule has 0 N–H and O–H groups in total. The van der Waals surface area contributed by atoms with E-state index in [0.717, 1.165) is 38.5 Å². The van der Waals surface area contributed by atoms with Gasteiger partial charge in [-0.2, -0.15) is 0 Å². The third-order valence-corrected chi connectivity index (χ3v) is 3.86. The molecule has 0 saturated heterocycles. The summed E-state index contributed by atoms with van der Waals surface area (Å²) in [7, 11) is 0. The van der Waals surface area contributed by atoms with Crippen molar-refractivity contribution in [3.8, 4) is 0 Å². The largest absolute Gasteiger partial charge is 0.298 e. The van der Waals surface area contributed by atoms with Gasteiger partial charge in [0.15, 0.2) is 11.6 Å². The number of ketones is 2. The number of hydrogen-bond donors (Lipinski definition) is 0. The third kappa shape index (κ3) is 1.16. The second-order valence-corrected chi connectivity index (χ2v) is 4.71. The average Bonchev–Trinajstić information content (AvgIpc) is 2.26. The molecule has 0 unspecified atom stereocenters. The summed E-state index contributed by atoms with van der Waals surface area (Å²) in [6.07, 6.45) is 6.72. The molecule has 0 radical (unpaired) electrons. The first-order valence-corrected chi connectivity index (χ1v) is 5.81. The Kier molecular flexibility index (Phi) is 2.46. The zero-order valence-corrected chi connectivity index (χ0v) is 8.84. The molecule has 2 aliphatic carbocycles. The fourth-order valence-corrected chi connectivity index (χ4v) is 3.03. The molecule has 14 heavy (non-hydrogen) atoms. The lowest BCUT2D eigenvalue weighted by Gasteiger charge is -2.46. The molecule has 2 nitrogen and oxygen atoms in total. The van der Waals surface area contributed by atoms with Crippen molar-refractivity contribution in [1.29, 1.82) is 0 Å². The third-order valence-electron chi connectivity index (χ3n) is 3.86. The summed E-state index contributed by atoms with van der Waals surface area (Å²) in [5.41, 5.74) is -0.488. The van der Waals surface area contributed by atoms with Crippen LogP contribution >= 0.6 is 0 Å². The fraction of sp³-hybridized carbons (Fsp3) is 0.833. The van der Waals surface area contributed by atoms with Crippen LogP contribution in [0.4, 0.5) is 0 Å². The highest BCUT2D eigenvalue weighted by Crippen LogP contribution is 2.50. The Labute approximate surface area is 85.1 Å². The molecule has 2 rings (SSSR count). The lowest BCUT2D eigenvalue weighted by Crippen LogP contribution is -2.59. The van der Waals surface area contributed by atoms with Gasteiger partial charge in [-0.25, -0.2) is 0 Å². The molecular formula is C12H18O2. The summed E-state index contributed by atoms with van der Waals surface area (Å²) in [6, 6.07) is 0. The number of hydrogen-bond acceptors (Lipinski definition) is 2. The van der Waals surface area contributed by atoms with E-state index in [-0.39, 0.29) is 17.5 Å². The Hall–Kier alpha value is -0.660. The molecule has 0 aliphatic heterocycles. The van der Waals surface area contributed by atoms with Crippen LogP contribution < -0.4 is 0 Å². The molecule has 2 fully saturated rings. The Bertz CT molecular complexity index is 243. The van der Waals surface area contributed by atoms with Crippen molar-refractivity contribution in [1.82, 2.24) is 0 Å². The molecule has 0 bridgehead atoms. The van der Waals surface area contributed by atoms with Crippen LogP contribution in [0.5, 0.6) is 0 Å². The van der Waals surface area contributed by atoms with Crippen LogP contribution in [-0.4, -0.2) is 11.6 Å². The minimum absolute atomic E-state index is 0.224. The van der Waals surface area contributed by atoms with E-state index in [9.17, 15) is 9.59 Å². The lowest BCUT2D eigenvalue weighted by atomic mass is 9.53. The van der Waals surface area contributed by atoms with E-state index in [1.807, 2.05) is 6.92 Å². The standard InChI is InChI=1S/C12H18O2/c1-2-6-9-10(13)12(11(9)14)7-4-3-5-8-12/h9H,2-8H2,1H3. The number of Topliss-reactive ketones (excluding diaryl/α,β-unsaturated/α-hetero) is 2. The van der Waals surface area contributed by atoms with Gasteiger partial charge in [-0.15, -0.1) is 0 Å². The van der Waals surface area contributed by atoms with Gasteiger partial charge in [0.05, 0.1) is 11.3 Å². The maximum absolute atomic E-state index is 11.9. The van der Waals surface area contributed by atoms with Gasteiger partial charge in [0, 0.05) is 0 Å². The number of carbonyl (C=O) groups is 2. The van der Waals surface area contributed by atoms with Crippen LogP contribution in [-0.2, 0) is 9.59 Å². The molecule has 0 amide bonds. The summed E-state index contributed by atoms with van der Waals surface area (Å²) < 4.78 is 0. The average molecular weight is 194 g/mol. The zero-order chi connectivity index (χ0) is 10.2. The summed E-state index contributed by atoms with van der Waals surface area (Å²) in [5, 5.41) is 0. The predicted octanol–water partition coefficient (Wildman–Crippen LogP) is 2.51. The van der Waals surface area contributed by atoms with Gasteiger partial charge in [-0.1, -0.05) is 32.6 Å². The SMILES string of the molecule is CCCC1C(=O)C2(CCCCC2)C1=O. The van der Waals surface area contributed by atoms with Gasteiger partial charge in [0.2, 0.25) is 0 Å². The first-order valence-electron chi connectivity index (χ1n) is 5.81. The van der Waals surface area contributed by atoms with Crippen molar-refractivity contribution in [2.45, 2.75) is 51.9 Å². The Morgan fingerprint density at radius 2 is 1.71 bits per heavy atom. The van der Waals surface area contributed by atoms with Crippen LogP contribution in [0.25, 0.3) is 0 Å². The molecule has 0 aromatic carbocycles. The second-order valence-electron chi connectivity index (χ2n) is 4.71. The van der Waals surface area contributed by atoms with E-state index < -0.39 is 5.41 Å². The van der Waals surface area contributed by atoms with E-state index in [0.29, 0.717) is 0 Å². The van der Waals surface area contributed by atoms with Crippen LogP contribution in [0.2, 0.25) is 0 Å². The summed E-state index contributed by atoms with van der Waals surface area (Å²) in [5.74, 6) is 0.311.